The maximum Gasteiger partial charge on any atom is 0.218 e. The molecule has 17 heavy (non-hydrogen) atoms. The zero-order chi connectivity index (χ0) is 12.5. The molecule has 90 valence electrons. The van der Waals surface area contributed by atoms with Crippen LogP contribution in [0, 0.1) is 0 Å². The lowest BCUT2D eigenvalue weighted by Crippen LogP contribution is -2.11. The summed E-state index contributed by atoms with van der Waals surface area (Å²) in [5, 5.41) is 4.06. The van der Waals surface area contributed by atoms with Crippen LogP contribution in [-0.4, -0.2) is 14.8 Å². The van der Waals surface area contributed by atoms with Gasteiger partial charge in [0, 0.05) is 0 Å². The Labute approximate surface area is 101 Å². The third-order valence-electron chi connectivity index (χ3n) is 2.80. The van der Waals surface area contributed by atoms with Gasteiger partial charge in [0.25, 0.3) is 0 Å². The molecule has 4 heteroatoms. The van der Waals surface area contributed by atoms with Crippen molar-refractivity contribution in [2.75, 3.05) is 5.73 Å². The van der Waals surface area contributed by atoms with E-state index >= 15 is 0 Å². The normalized spacial score (nSPS) is 11.7. The van der Waals surface area contributed by atoms with Crippen LogP contribution in [0.5, 0.6) is 0 Å². The van der Waals surface area contributed by atoms with Crippen molar-refractivity contribution >= 4 is 5.95 Å². The van der Waals surface area contributed by atoms with Crippen LogP contribution in [0.2, 0.25) is 0 Å². The number of aromatic nitrogens is 3. The molecule has 1 aromatic carbocycles. The molecule has 0 saturated carbocycles. The lowest BCUT2D eigenvalue weighted by molar-refractivity contribution is 0.589. The van der Waals surface area contributed by atoms with Gasteiger partial charge in [-0.25, -0.2) is 9.67 Å². The number of hydrogen-bond donors (Lipinski definition) is 1. The monoisotopic (exact) mass is 230 g/mol. The average molecular weight is 230 g/mol. The van der Waals surface area contributed by atoms with E-state index in [9.17, 15) is 0 Å². The molecule has 0 saturated heterocycles. The molecule has 0 bridgehead atoms. The Morgan fingerprint density at radius 3 is 2.29 bits per heavy atom. The first-order chi connectivity index (χ1) is 7.97. The molecule has 0 aliphatic heterocycles. The third-order valence-corrected chi connectivity index (χ3v) is 2.80. The van der Waals surface area contributed by atoms with Crippen molar-refractivity contribution < 1.29 is 0 Å². The highest BCUT2D eigenvalue weighted by atomic mass is 15.4. The van der Waals surface area contributed by atoms with Gasteiger partial charge in [0.15, 0.2) is 0 Å². The van der Waals surface area contributed by atoms with Gasteiger partial charge >= 0.3 is 0 Å². The molecule has 2 N–H and O–H groups in total. The van der Waals surface area contributed by atoms with E-state index in [2.05, 4.69) is 55.1 Å². The standard InChI is InChI=1S/C13H18N4/c1-13(2,3)11-6-4-10(5-7-11)8-17-12(14)15-9-16-17/h4-7,9H,8H2,1-3H3,(H2,14,15,16). The van der Waals surface area contributed by atoms with E-state index in [0.29, 0.717) is 12.5 Å². The molecule has 0 radical (unpaired) electrons. The van der Waals surface area contributed by atoms with Gasteiger partial charge in [-0.1, -0.05) is 45.0 Å². The van der Waals surface area contributed by atoms with Crippen LogP contribution in [0.25, 0.3) is 0 Å². The first kappa shape index (κ1) is 11.6. The van der Waals surface area contributed by atoms with Gasteiger partial charge in [0.05, 0.1) is 6.54 Å². The molecule has 0 atom stereocenters. The summed E-state index contributed by atoms with van der Waals surface area (Å²) in [5.41, 5.74) is 8.37. The topological polar surface area (TPSA) is 56.7 Å². The maximum atomic E-state index is 5.68. The SMILES string of the molecule is CC(C)(C)c1ccc(Cn2ncnc2N)cc1. The largest absolute Gasteiger partial charge is 0.368 e. The van der Waals surface area contributed by atoms with Crippen molar-refractivity contribution in [3.05, 3.63) is 41.7 Å². The minimum atomic E-state index is 0.185. The summed E-state index contributed by atoms with van der Waals surface area (Å²) in [6, 6.07) is 8.54. The van der Waals surface area contributed by atoms with Crippen LogP contribution in [-0.2, 0) is 12.0 Å². The summed E-state index contributed by atoms with van der Waals surface area (Å²) in [6.45, 7) is 7.28. The van der Waals surface area contributed by atoms with Crippen molar-refractivity contribution in [3.63, 3.8) is 0 Å². The highest BCUT2D eigenvalue weighted by Gasteiger charge is 2.12. The molecule has 0 aliphatic rings. The second-order valence-electron chi connectivity index (χ2n) is 5.22. The van der Waals surface area contributed by atoms with Gasteiger partial charge in [0.2, 0.25) is 5.95 Å². The smallest absolute Gasteiger partial charge is 0.218 e. The summed E-state index contributed by atoms with van der Waals surface area (Å²) in [4.78, 5) is 3.90. The fourth-order valence-corrected chi connectivity index (χ4v) is 1.68. The molecule has 0 fully saturated rings. The van der Waals surface area contributed by atoms with E-state index in [1.54, 1.807) is 4.68 Å². The fraction of sp³-hybridized carbons (Fsp3) is 0.385. The second-order valence-corrected chi connectivity index (χ2v) is 5.22. The minimum absolute atomic E-state index is 0.185. The van der Waals surface area contributed by atoms with Crippen molar-refractivity contribution in [1.29, 1.82) is 0 Å². The van der Waals surface area contributed by atoms with Crippen LogP contribution in [0.1, 0.15) is 31.9 Å². The Bertz CT molecular complexity index is 491. The maximum absolute atomic E-state index is 5.68. The molecule has 0 amide bonds. The molecule has 4 nitrogen and oxygen atoms in total. The van der Waals surface area contributed by atoms with Gasteiger partial charge in [-0.05, 0) is 16.5 Å². The number of anilines is 1. The lowest BCUT2D eigenvalue weighted by atomic mass is 9.87. The molecular formula is C13H18N4. The van der Waals surface area contributed by atoms with Crippen LogP contribution in [0.3, 0.4) is 0 Å². The summed E-state index contributed by atoms with van der Waals surface area (Å²) < 4.78 is 1.69. The van der Waals surface area contributed by atoms with Gasteiger partial charge in [-0.3, -0.25) is 0 Å². The molecular weight excluding hydrogens is 212 g/mol. The first-order valence-electron chi connectivity index (χ1n) is 5.69. The Morgan fingerprint density at radius 2 is 1.82 bits per heavy atom. The molecule has 1 heterocycles. The van der Waals surface area contributed by atoms with E-state index in [4.69, 9.17) is 5.73 Å². The molecule has 1 aromatic heterocycles. The summed E-state index contributed by atoms with van der Waals surface area (Å²) >= 11 is 0. The lowest BCUT2D eigenvalue weighted by Gasteiger charge is -2.19. The average Bonchev–Trinajstić information content (AvgIpc) is 2.64. The summed E-state index contributed by atoms with van der Waals surface area (Å²) in [5.74, 6) is 0.449. The highest BCUT2D eigenvalue weighted by molar-refractivity contribution is 5.28. The molecule has 2 rings (SSSR count). The number of nitrogen functional groups attached to an aromatic ring is 1. The predicted octanol–water partition coefficient (Wildman–Crippen LogP) is 2.21. The number of nitrogens with zero attached hydrogens (tertiary/aromatic N) is 3. The zero-order valence-electron chi connectivity index (χ0n) is 10.5. The van der Waals surface area contributed by atoms with Gasteiger partial charge in [-0.15, -0.1) is 0 Å². The highest BCUT2D eigenvalue weighted by Crippen LogP contribution is 2.22. The predicted molar refractivity (Wildman–Crippen MR) is 68.7 cm³/mol. The molecule has 0 aliphatic carbocycles. The molecule has 0 unspecified atom stereocenters. The first-order valence-corrected chi connectivity index (χ1v) is 5.69. The van der Waals surface area contributed by atoms with Gasteiger partial charge in [-0.2, -0.15) is 5.10 Å². The summed E-state index contributed by atoms with van der Waals surface area (Å²) in [7, 11) is 0. The Kier molecular flexibility index (Phi) is 2.88. The third kappa shape index (κ3) is 2.64. The minimum Gasteiger partial charge on any atom is -0.368 e. The van der Waals surface area contributed by atoms with Crippen molar-refractivity contribution in [3.8, 4) is 0 Å². The van der Waals surface area contributed by atoms with E-state index in [1.807, 2.05) is 0 Å². The Balaban J connectivity index is 2.17. The number of rotatable bonds is 2. The Morgan fingerprint density at radius 1 is 1.18 bits per heavy atom. The van der Waals surface area contributed by atoms with E-state index in [1.165, 1.54) is 17.5 Å². The quantitative estimate of drug-likeness (QED) is 0.860. The molecule has 2 aromatic rings. The van der Waals surface area contributed by atoms with Crippen molar-refractivity contribution in [2.45, 2.75) is 32.7 Å². The number of nitrogens with two attached hydrogens (primary N) is 1. The Hall–Kier alpha value is -1.84. The van der Waals surface area contributed by atoms with E-state index < -0.39 is 0 Å². The van der Waals surface area contributed by atoms with Crippen molar-refractivity contribution in [2.24, 2.45) is 0 Å². The molecule has 0 spiro atoms. The summed E-state index contributed by atoms with van der Waals surface area (Å²) in [6.07, 6.45) is 1.47. The van der Waals surface area contributed by atoms with E-state index in [-0.39, 0.29) is 5.41 Å². The van der Waals surface area contributed by atoms with Crippen LogP contribution >= 0.6 is 0 Å². The van der Waals surface area contributed by atoms with Crippen LogP contribution in [0.15, 0.2) is 30.6 Å². The fourth-order valence-electron chi connectivity index (χ4n) is 1.68. The van der Waals surface area contributed by atoms with Gasteiger partial charge in [0.1, 0.15) is 6.33 Å². The second kappa shape index (κ2) is 4.20. The van der Waals surface area contributed by atoms with Crippen LogP contribution < -0.4 is 5.73 Å². The number of hydrogen-bond acceptors (Lipinski definition) is 3. The van der Waals surface area contributed by atoms with Gasteiger partial charge < -0.3 is 5.73 Å². The zero-order valence-corrected chi connectivity index (χ0v) is 10.5. The van der Waals surface area contributed by atoms with Crippen molar-refractivity contribution in [1.82, 2.24) is 14.8 Å². The number of benzene rings is 1. The van der Waals surface area contributed by atoms with E-state index in [0.717, 1.165) is 0 Å². The van der Waals surface area contributed by atoms with Crippen LogP contribution in [0.4, 0.5) is 5.95 Å².